The van der Waals surface area contributed by atoms with Crippen molar-refractivity contribution in [3.63, 3.8) is 0 Å². The number of rotatable bonds is 3. The summed E-state index contributed by atoms with van der Waals surface area (Å²) in [5.41, 5.74) is 2.29. The fraction of sp³-hybridized carbons (Fsp3) is 0.235. The Morgan fingerprint density at radius 3 is 2.57 bits per heavy atom. The van der Waals surface area contributed by atoms with Gasteiger partial charge in [0.1, 0.15) is 0 Å². The lowest BCUT2D eigenvalue weighted by molar-refractivity contribution is -0.0108. The first kappa shape index (κ1) is 14.1. The Morgan fingerprint density at radius 2 is 1.86 bits per heavy atom. The highest BCUT2D eigenvalue weighted by atomic mass is 35.5. The van der Waals surface area contributed by atoms with Crippen LogP contribution >= 0.6 is 11.6 Å². The highest BCUT2D eigenvalue weighted by Crippen LogP contribution is 2.38. The van der Waals surface area contributed by atoms with E-state index < -0.39 is 5.60 Å². The number of ether oxygens (including phenoxy) is 2. The summed E-state index contributed by atoms with van der Waals surface area (Å²) in [4.78, 5) is 4.62. The van der Waals surface area contributed by atoms with E-state index in [1.165, 1.54) is 0 Å². The van der Waals surface area contributed by atoms with Crippen LogP contribution in [0.2, 0.25) is 5.02 Å². The molecule has 0 saturated carbocycles. The van der Waals surface area contributed by atoms with Crippen molar-refractivity contribution >= 4 is 23.2 Å². The molecule has 4 heteroatoms. The topological polar surface area (TPSA) is 30.8 Å². The molecule has 1 aliphatic rings. The van der Waals surface area contributed by atoms with Gasteiger partial charge in [0, 0.05) is 23.3 Å². The van der Waals surface area contributed by atoms with Gasteiger partial charge < -0.3 is 9.47 Å². The summed E-state index contributed by atoms with van der Waals surface area (Å²) < 4.78 is 11.5. The van der Waals surface area contributed by atoms with Gasteiger partial charge in [-0.05, 0) is 37.3 Å². The lowest BCUT2D eigenvalue weighted by atomic mass is 9.93. The zero-order chi connectivity index (χ0) is 14.9. The maximum Gasteiger partial charge on any atom is 0.222 e. The molecule has 0 spiro atoms. The fourth-order valence-corrected chi connectivity index (χ4v) is 2.64. The molecule has 1 atom stereocenters. The van der Waals surface area contributed by atoms with Crippen molar-refractivity contribution in [1.82, 2.24) is 0 Å². The van der Waals surface area contributed by atoms with Crippen molar-refractivity contribution in [2.75, 3.05) is 13.7 Å². The number of hydrogen-bond donors (Lipinski definition) is 0. The lowest BCUT2D eigenvalue weighted by Crippen LogP contribution is -2.36. The van der Waals surface area contributed by atoms with Crippen molar-refractivity contribution < 1.29 is 9.47 Å². The van der Waals surface area contributed by atoms with Crippen LogP contribution in [0, 0.1) is 0 Å². The van der Waals surface area contributed by atoms with Gasteiger partial charge in [-0.1, -0.05) is 29.8 Å². The maximum atomic E-state index is 6.15. The van der Waals surface area contributed by atoms with Crippen LogP contribution in [-0.2, 0) is 15.1 Å². The first-order valence-corrected chi connectivity index (χ1v) is 7.12. The number of nitrogens with zero attached hydrogens (tertiary/aromatic N) is 1. The van der Waals surface area contributed by atoms with Crippen LogP contribution in [0.4, 0.5) is 5.69 Å². The molecule has 2 aromatic rings. The van der Waals surface area contributed by atoms with E-state index in [9.17, 15) is 0 Å². The molecule has 0 amide bonds. The molecule has 0 N–H and O–H groups in total. The van der Waals surface area contributed by atoms with Crippen LogP contribution in [0.1, 0.15) is 18.1 Å². The summed E-state index contributed by atoms with van der Waals surface area (Å²) in [6.45, 7) is 2.47. The molecule has 108 valence electrons. The number of benzene rings is 2. The minimum absolute atomic E-state index is 0.455. The molecule has 0 radical (unpaired) electrons. The Hall–Kier alpha value is -1.84. The number of hydrogen-bond acceptors (Lipinski definition) is 3. The van der Waals surface area contributed by atoms with Crippen LogP contribution < -0.4 is 0 Å². The highest BCUT2D eigenvalue weighted by Gasteiger charge is 2.36. The second-order valence-electron chi connectivity index (χ2n) is 5.21. The third kappa shape index (κ3) is 2.67. The molecular weight excluding hydrogens is 286 g/mol. The van der Waals surface area contributed by atoms with E-state index in [2.05, 4.69) is 4.99 Å². The first-order chi connectivity index (χ1) is 10.1. The van der Waals surface area contributed by atoms with Gasteiger partial charge in [-0.15, -0.1) is 0 Å². The second-order valence-corrected chi connectivity index (χ2v) is 5.64. The molecule has 3 rings (SSSR count). The number of halogens is 1. The van der Waals surface area contributed by atoms with Gasteiger partial charge in [0.2, 0.25) is 5.90 Å². The smallest absolute Gasteiger partial charge is 0.222 e. The van der Waals surface area contributed by atoms with E-state index in [-0.39, 0.29) is 0 Å². The number of para-hydroxylation sites is 1. The summed E-state index contributed by atoms with van der Waals surface area (Å²) in [6, 6.07) is 15.4. The van der Waals surface area contributed by atoms with E-state index in [0.29, 0.717) is 17.5 Å². The fourth-order valence-electron chi connectivity index (χ4n) is 2.52. The molecule has 1 heterocycles. The Bertz CT molecular complexity index is 681. The van der Waals surface area contributed by atoms with E-state index in [1.54, 1.807) is 7.11 Å². The van der Waals surface area contributed by atoms with E-state index in [4.69, 9.17) is 21.1 Å². The van der Waals surface area contributed by atoms with E-state index >= 15 is 0 Å². The molecule has 1 unspecified atom stereocenters. The van der Waals surface area contributed by atoms with E-state index in [1.807, 2.05) is 55.5 Å². The molecule has 21 heavy (non-hydrogen) atoms. The zero-order valence-corrected chi connectivity index (χ0v) is 12.7. The molecule has 0 fully saturated rings. The standard InChI is InChI=1S/C17H16ClNO2/c1-17(11-20-2)14-5-3-4-6-15(14)19-16(21-17)12-7-9-13(18)10-8-12/h3-10H,11H2,1-2H3. The summed E-state index contributed by atoms with van der Waals surface area (Å²) in [5, 5.41) is 0.690. The first-order valence-electron chi connectivity index (χ1n) is 6.74. The molecule has 3 nitrogen and oxygen atoms in total. The number of aliphatic imine (C=N–C) groups is 1. The van der Waals surface area contributed by atoms with Gasteiger partial charge in [0.15, 0.2) is 5.60 Å². The van der Waals surface area contributed by atoms with Crippen molar-refractivity contribution in [2.24, 2.45) is 4.99 Å². The van der Waals surface area contributed by atoms with Gasteiger partial charge in [-0.25, -0.2) is 4.99 Å². The van der Waals surface area contributed by atoms with Crippen molar-refractivity contribution in [3.05, 3.63) is 64.7 Å². The van der Waals surface area contributed by atoms with Crippen molar-refractivity contribution in [2.45, 2.75) is 12.5 Å². The number of fused-ring (bicyclic) bond motifs is 1. The number of methoxy groups -OCH3 is 1. The van der Waals surface area contributed by atoms with Crippen LogP contribution in [0.5, 0.6) is 0 Å². The van der Waals surface area contributed by atoms with Crippen molar-refractivity contribution in [1.29, 1.82) is 0 Å². The van der Waals surface area contributed by atoms with Crippen LogP contribution in [0.25, 0.3) is 0 Å². The molecule has 1 aliphatic heterocycles. The predicted octanol–water partition coefficient (Wildman–Crippen LogP) is 4.31. The quantitative estimate of drug-likeness (QED) is 0.846. The highest BCUT2D eigenvalue weighted by molar-refractivity contribution is 6.30. The SMILES string of the molecule is COCC1(C)OC(c2ccc(Cl)cc2)=Nc2ccccc21. The average Bonchev–Trinajstić information content (AvgIpc) is 2.48. The van der Waals surface area contributed by atoms with Crippen LogP contribution in [-0.4, -0.2) is 19.6 Å². The molecule has 0 aliphatic carbocycles. The van der Waals surface area contributed by atoms with Gasteiger partial charge in [0.25, 0.3) is 0 Å². The summed E-state index contributed by atoms with van der Waals surface area (Å²) in [7, 11) is 1.67. The van der Waals surface area contributed by atoms with Gasteiger partial charge >= 0.3 is 0 Å². The second kappa shape index (κ2) is 5.51. The Morgan fingerprint density at radius 1 is 1.14 bits per heavy atom. The third-order valence-electron chi connectivity index (χ3n) is 3.53. The Labute approximate surface area is 129 Å². The molecule has 0 saturated heterocycles. The van der Waals surface area contributed by atoms with Gasteiger partial charge in [0.05, 0.1) is 12.3 Å². The third-order valence-corrected chi connectivity index (χ3v) is 3.78. The molecule has 0 bridgehead atoms. The maximum absolute atomic E-state index is 6.15. The van der Waals surface area contributed by atoms with Crippen molar-refractivity contribution in [3.8, 4) is 0 Å². The Kier molecular flexibility index (Phi) is 3.70. The molecular formula is C17H16ClNO2. The monoisotopic (exact) mass is 301 g/mol. The normalized spacial score (nSPS) is 20.4. The van der Waals surface area contributed by atoms with Gasteiger partial charge in [-0.2, -0.15) is 0 Å². The minimum atomic E-state index is -0.554. The summed E-state index contributed by atoms with van der Waals surface area (Å²) in [5.74, 6) is 0.588. The van der Waals surface area contributed by atoms with Crippen LogP contribution in [0.3, 0.4) is 0 Å². The predicted molar refractivity (Wildman–Crippen MR) is 84.4 cm³/mol. The average molecular weight is 302 g/mol. The molecule has 2 aromatic carbocycles. The van der Waals surface area contributed by atoms with Gasteiger partial charge in [-0.3, -0.25) is 0 Å². The van der Waals surface area contributed by atoms with Crippen LogP contribution in [0.15, 0.2) is 53.5 Å². The van der Waals surface area contributed by atoms with E-state index in [0.717, 1.165) is 16.8 Å². The molecule has 0 aromatic heterocycles. The largest absolute Gasteiger partial charge is 0.463 e. The summed E-state index contributed by atoms with van der Waals surface area (Å²) >= 11 is 5.94. The Balaban J connectivity index is 2.08. The zero-order valence-electron chi connectivity index (χ0n) is 12.0. The lowest BCUT2D eigenvalue weighted by Gasteiger charge is -2.35. The summed E-state index contributed by atoms with van der Waals surface area (Å²) in [6.07, 6.45) is 0. The minimum Gasteiger partial charge on any atom is -0.463 e.